The molecule has 0 amide bonds. The molecule has 1 aliphatic heterocycles. The quantitative estimate of drug-likeness (QED) is 0.629. The summed E-state index contributed by atoms with van der Waals surface area (Å²) in [5.41, 5.74) is 0.602. The van der Waals surface area contributed by atoms with Crippen molar-refractivity contribution >= 4 is 11.8 Å². The molecule has 1 saturated carbocycles. The number of nitrogens with zero attached hydrogens (tertiary/aromatic N) is 2. The third kappa shape index (κ3) is 2.46. The molecule has 2 fully saturated rings. The van der Waals surface area contributed by atoms with Gasteiger partial charge in [0.05, 0.1) is 0 Å². The third-order valence-electron chi connectivity index (χ3n) is 4.68. The van der Waals surface area contributed by atoms with Gasteiger partial charge in [-0.2, -0.15) is 4.99 Å². The zero-order valence-electron chi connectivity index (χ0n) is 11.9. The van der Waals surface area contributed by atoms with Crippen LogP contribution in [0.4, 0.5) is 14.5 Å². The zero-order chi connectivity index (χ0) is 14.9. The van der Waals surface area contributed by atoms with Crippen molar-refractivity contribution < 1.29 is 13.6 Å². The van der Waals surface area contributed by atoms with Gasteiger partial charge >= 0.3 is 0 Å². The fourth-order valence-corrected chi connectivity index (χ4v) is 3.62. The lowest BCUT2D eigenvalue weighted by atomic mass is 9.87. The minimum Gasteiger partial charge on any atom is -0.371 e. The Kier molecular flexibility index (Phi) is 3.77. The first-order valence-corrected chi connectivity index (χ1v) is 7.50. The predicted molar refractivity (Wildman–Crippen MR) is 76.1 cm³/mol. The van der Waals surface area contributed by atoms with Gasteiger partial charge < -0.3 is 4.90 Å². The van der Waals surface area contributed by atoms with E-state index in [4.69, 9.17) is 0 Å². The molecule has 0 radical (unpaired) electrons. The lowest BCUT2D eigenvalue weighted by Gasteiger charge is -2.30. The van der Waals surface area contributed by atoms with Gasteiger partial charge in [-0.3, -0.25) is 0 Å². The van der Waals surface area contributed by atoms with Crippen LogP contribution in [0.15, 0.2) is 17.1 Å². The Morgan fingerprint density at radius 2 is 1.67 bits per heavy atom. The first kappa shape index (κ1) is 14.2. The second kappa shape index (κ2) is 5.57. The highest BCUT2D eigenvalue weighted by Crippen LogP contribution is 2.46. The fraction of sp³-hybridized carbons (Fsp3) is 0.562. The fourth-order valence-electron chi connectivity index (χ4n) is 3.62. The molecule has 1 aliphatic carbocycles. The maximum atomic E-state index is 13.8. The monoisotopic (exact) mass is 292 g/mol. The smallest absolute Gasteiger partial charge is 0.235 e. The SMILES string of the molecule is O=C=NC1(c2cc(F)c(F)cc2N2CCCC2)CCCC1. The Balaban J connectivity index is 2.15. The first-order chi connectivity index (χ1) is 10.2. The number of isocyanates is 1. The van der Waals surface area contributed by atoms with E-state index in [9.17, 15) is 13.6 Å². The zero-order valence-corrected chi connectivity index (χ0v) is 11.9. The van der Waals surface area contributed by atoms with Crippen molar-refractivity contribution in [3.8, 4) is 0 Å². The summed E-state index contributed by atoms with van der Waals surface area (Å²) >= 11 is 0. The molecular formula is C16H18F2N2O. The van der Waals surface area contributed by atoms with E-state index in [1.807, 2.05) is 0 Å². The van der Waals surface area contributed by atoms with Crippen molar-refractivity contribution in [2.75, 3.05) is 18.0 Å². The summed E-state index contributed by atoms with van der Waals surface area (Å²) in [5.74, 6) is -1.72. The van der Waals surface area contributed by atoms with Crippen LogP contribution in [-0.2, 0) is 10.3 Å². The molecule has 1 heterocycles. The summed E-state index contributed by atoms with van der Waals surface area (Å²) in [6.45, 7) is 1.66. The molecule has 1 saturated heterocycles. The van der Waals surface area contributed by atoms with E-state index in [0.29, 0.717) is 24.1 Å². The van der Waals surface area contributed by atoms with Crippen molar-refractivity contribution in [2.45, 2.75) is 44.1 Å². The molecule has 0 unspecified atom stereocenters. The van der Waals surface area contributed by atoms with Gasteiger partial charge in [-0.25, -0.2) is 13.6 Å². The molecule has 3 nitrogen and oxygen atoms in total. The Labute approximate surface area is 122 Å². The average molecular weight is 292 g/mol. The summed E-state index contributed by atoms with van der Waals surface area (Å²) in [6, 6.07) is 2.49. The first-order valence-electron chi connectivity index (χ1n) is 7.50. The van der Waals surface area contributed by atoms with Crippen LogP contribution in [-0.4, -0.2) is 19.2 Å². The van der Waals surface area contributed by atoms with E-state index in [1.165, 1.54) is 12.1 Å². The van der Waals surface area contributed by atoms with E-state index in [1.54, 1.807) is 6.08 Å². The lowest BCUT2D eigenvalue weighted by molar-refractivity contribution is 0.445. The number of rotatable bonds is 3. The van der Waals surface area contributed by atoms with E-state index >= 15 is 0 Å². The van der Waals surface area contributed by atoms with E-state index in [2.05, 4.69) is 9.89 Å². The summed E-state index contributed by atoms with van der Waals surface area (Å²) in [6.07, 6.45) is 6.97. The van der Waals surface area contributed by atoms with Gasteiger partial charge in [-0.15, -0.1) is 0 Å². The van der Waals surface area contributed by atoms with Crippen molar-refractivity contribution in [3.05, 3.63) is 29.3 Å². The number of halogens is 2. The van der Waals surface area contributed by atoms with E-state index in [0.717, 1.165) is 38.8 Å². The Morgan fingerprint density at radius 3 is 2.29 bits per heavy atom. The maximum Gasteiger partial charge on any atom is 0.235 e. The molecule has 2 aliphatic rings. The van der Waals surface area contributed by atoms with Crippen LogP contribution >= 0.6 is 0 Å². The van der Waals surface area contributed by atoms with Crippen molar-refractivity contribution in [3.63, 3.8) is 0 Å². The Hall–Kier alpha value is -1.74. The predicted octanol–water partition coefficient (Wildman–Crippen LogP) is 3.67. The largest absolute Gasteiger partial charge is 0.371 e. The molecule has 0 spiro atoms. The molecule has 5 heteroatoms. The molecule has 3 rings (SSSR count). The molecular weight excluding hydrogens is 274 g/mol. The molecule has 112 valence electrons. The van der Waals surface area contributed by atoms with Gasteiger partial charge in [0, 0.05) is 30.4 Å². The number of hydrogen-bond acceptors (Lipinski definition) is 3. The maximum absolute atomic E-state index is 13.8. The van der Waals surface area contributed by atoms with Crippen molar-refractivity contribution in [1.29, 1.82) is 0 Å². The summed E-state index contributed by atoms with van der Waals surface area (Å²) in [4.78, 5) is 16.9. The van der Waals surface area contributed by atoms with Crippen LogP contribution < -0.4 is 4.90 Å². The van der Waals surface area contributed by atoms with Crippen LogP contribution in [0.5, 0.6) is 0 Å². The summed E-state index contributed by atoms with van der Waals surface area (Å²) in [5, 5.41) is 0. The summed E-state index contributed by atoms with van der Waals surface area (Å²) < 4.78 is 27.5. The summed E-state index contributed by atoms with van der Waals surface area (Å²) in [7, 11) is 0. The normalized spacial score (nSPS) is 20.6. The van der Waals surface area contributed by atoms with Gasteiger partial charge in [0.15, 0.2) is 11.6 Å². The van der Waals surface area contributed by atoms with Gasteiger partial charge in [-0.1, -0.05) is 12.8 Å². The Morgan fingerprint density at radius 1 is 1.05 bits per heavy atom. The highest BCUT2D eigenvalue weighted by atomic mass is 19.2. The average Bonchev–Trinajstić information content (AvgIpc) is 3.13. The van der Waals surface area contributed by atoms with Gasteiger partial charge in [0.25, 0.3) is 0 Å². The number of hydrogen-bond donors (Lipinski definition) is 0. The molecule has 1 aromatic rings. The van der Waals surface area contributed by atoms with Crippen LogP contribution in [0.25, 0.3) is 0 Å². The number of anilines is 1. The third-order valence-corrected chi connectivity index (χ3v) is 4.68. The van der Waals surface area contributed by atoms with Crippen LogP contribution in [0.2, 0.25) is 0 Å². The molecule has 0 atom stereocenters. The minimum absolute atomic E-state index is 0.643. The standard InChI is InChI=1S/C16H18F2N2O/c17-13-9-12(16(19-11-21)5-1-2-6-16)15(10-14(13)18)20-7-3-4-8-20/h9-10H,1-8H2. The van der Waals surface area contributed by atoms with Crippen molar-refractivity contribution in [2.24, 2.45) is 4.99 Å². The second-order valence-corrected chi connectivity index (χ2v) is 5.92. The lowest BCUT2D eigenvalue weighted by Crippen LogP contribution is -2.27. The molecule has 0 N–H and O–H groups in total. The van der Waals surface area contributed by atoms with Crippen LogP contribution in [0, 0.1) is 11.6 Å². The number of carbonyl (C=O) groups excluding carboxylic acids is 1. The molecule has 0 aromatic heterocycles. The molecule has 0 bridgehead atoms. The van der Waals surface area contributed by atoms with E-state index in [-0.39, 0.29) is 0 Å². The highest BCUT2D eigenvalue weighted by molar-refractivity contribution is 5.59. The second-order valence-electron chi connectivity index (χ2n) is 5.92. The van der Waals surface area contributed by atoms with Gasteiger partial charge in [0.1, 0.15) is 5.54 Å². The minimum atomic E-state index is -0.875. The Bertz CT molecular complexity index is 584. The van der Waals surface area contributed by atoms with Crippen LogP contribution in [0.1, 0.15) is 44.1 Å². The number of aliphatic imine (C=N–C) groups is 1. The van der Waals surface area contributed by atoms with Crippen molar-refractivity contribution in [1.82, 2.24) is 0 Å². The topological polar surface area (TPSA) is 32.7 Å². The van der Waals surface area contributed by atoms with Gasteiger partial charge in [0.2, 0.25) is 6.08 Å². The highest BCUT2D eigenvalue weighted by Gasteiger charge is 2.39. The molecule has 1 aromatic carbocycles. The molecule has 21 heavy (non-hydrogen) atoms. The van der Waals surface area contributed by atoms with E-state index < -0.39 is 17.2 Å². The van der Waals surface area contributed by atoms with Gasteiger partial charge in [-0.05, 0) is 31.7 Å². The number of benzene rings is 1. The van der Waals surface area contributed by atoms with Crippen LogP contribution in [0.3, 0.4) is 0 Å².